The Bertz CT molecular complexity index is 1120. The van der Waals surface area contributed by atoms with Gasteiger partial charge in [0.2, 0.25) is 0 Å². The summed E-state index contributed by atoms with van der Waals surface area (Å²) in [5, 5.41) is 15.7. The van der Waals surface area contributed by atoms with E-state index in [-0.39, 0.29) is 17.0 Å². The quantitative estimate of drug-likeness (QED) is 0.352. The smallest absolute Gasteiger partial charge is 0.310 e. The van der Waals surface area contributed by atoms with Gasteiger partial charge in [-0.15, -0.1) is 5.10 Å². The molecule has 1 aliphatic heterocycles. The zero-order chi connectivity index (χ0) is 19.2. The Labute approximate surface area is 152 Å². The van der Waals surface area contributed by atoms with Gasteiger partial charge < -0.3 is 4.74 Å². The van der Waals surface area contributed by atoms with Gasteiger partial charge in [0.1, 0.15) is 5.57 Å². The molecule has 2 aromatic carbocycles. The Hall–Kier alpha value is -4.10. The Kier molecular flexibility index (Phi) is 5.15. The number of benzene rings is 2. The third-order valence-electron chi connectivity index (χ3n) is 3.47. The van der Waals surface area contributed by atoms with E-state index in [1.165, 1.54) is 18.2 Å². The molecule has 0 spiro atoms. The van der Waals surface area contributed by atoms with Crippen LogP contribution in [0.5, 0.6) is 5.75 Å². The number of hydrogen-bond donors (Lipinski definition) is 1. The molecule has 2 aromatic rings. The summed E-state index contributed by atoms with van der Waals surface area (Å²) in [5.74, 6) is 1.19. The van der Waals surface area contributed by atoms with Gasteiger partial charge in [0, 0.05) is 17.2 Å². The standard InChI is InChI=1S/C18H12N4O5/c23-17(11-27-16-8-4-3-7-15(16)22(25)26)21-19-10-13-9-12-5-1-2-6-14(12)20-18(13)24/h1-9H,11H2,(H,21,23). The van der Waals surface area contributed by atoms with Crippen LogP contribution < -0.4 is 20.7 Å². The number of hydrazone groups is 1. The van der Waals surface area contributed by atoms with Crippen LogP contribution in [0, 0.1) is 10.1 Å². The van der Waals surface area contributed by atoms with Crippen LogP contribution in [-0.2, 0) is 9.59 Å². The van der Waals surface area contributed by atoms with Gasteiger partial charge >= 0.3 is 5.69 Å². The van der Waals surface area contributed by atoms with Gasteiger partial charge in [-0.3, -0.25) is 19.7 Å². The maximum absolute atomic E-state index is 11.9. The molecule has 0 bridgehead atoms. The maximum Gasteiger partial charge on any atom is 0.310 e. The van der Waals surface area contributed by atoms with Crippen LogP contribution in [0.15, 0.2) is 64.2 Å². The molecule has 9 nitrogen and oxygen atoms in total. The molecule has 0 radical (unpaired) electrons. The number of carbonyl (C=O) groups excluding carboxylic acids is 2. The first-order valence-electron chi connectivity index (χ1n) is 7.72. The average molecular weight is 364 g/mol. The lowest BCUT2D eigenvalue weighted by Crippen LogP contribution is -2.30. The lowest BCUT2D eigenvalue weighted by molar-refractivity contribution is -0.385. The Morgan fingerprint density at radius 2 is 1.96 bits per heavy atom. The normalized spacial score (nSPS) is 12.0. The number of carbonyl (C=O) groups is 2. The van der Waals surface area contributed by atoms with E-state index in [4.69, 9.17) is 4.74 Å². The van der Waals surface area contributed by atoms with Gasteiger partial charge in [0.25, 0.3) is 11.8 Å². The van der Waals surface area contributed by atoms with E-state index in [2.05, 4.69) is 21.4 Å². The zero-order valence-electron chi connectivity index (χ0n) is 13.8. The van der Waals surface area contributed by atoms with Gasteiger partial charge in [-0.25, -0.2) is 10.4 Å². The third kappa shape index (κ3) is 4.30. The first kappa shape index (κ1) is 17.7. The first-order chi connectivity index (χ1) is 13.0. The van der Waals surface area contributed by atoms with Gasteiger partial charge in [-0.05, 0) is 18.2 Å². The van der Waals surface area contributed by atoms with E-state index < -0.39 is 23.3 Å². The summed E-state index contributed by atoms with van der Waals surface area (Å²) < 4.78 is 5.13. The maximum atomic E-state index is 11.9. The molecule has 0 aliphatic carbocycles. The van der Waals surface area contributed by atoms with Crippen molar-refractivity contribution in [3.63, 3.8) is 0 Å². The highest BCUT2D eigenvalue weighted by atomic mass is 16.6. The van der Waals surface area contributed by atoms with Crippen molar-refractivity contribution in [3.05, 3.63) is 74.8 Å². The molecule has 27 heavy (non-hydrogen) atoms. The summed E-state index contributed by atoms with van der Waals surface area (Å²) >= 11 is 0. The molecule has 1 N–H and O–H groups in total. The number of rotatable bonds is 5. The van der Waals surface area contributed by atoms with Crippen molar-refractivity contribution < 1.29 is 19.2 Å². The molecule has 0 unspecified atom stereocenters. The highest BCUT2D eigenvalue weighted by Crippen LogP contribution is 2.25. The predicted octanol–water partition coefficient (Wildman–Crippen LogP) is 0.241. The summed E-state index contributed by atoms with van der Waals surface area (Å²) in [6.07, 6.45) is 1.56. The van der Waals surface area contributed by atoms with Crippen molar-refractivity contribution in [2.24, 2.45) is 10.1 Å². The highest BCUT2D eigenvalue weighted by Gasteiger charge is 2.14. The van der Waals surface area contributed by atoms with Crippen LogP contribution in [0.3, 0.4) is 0 Å². The van der Waals surface area contributed by atoms with Gasteiger partial charge in [-0.1, -0.05) is 30.3 Å². The number of nitro benzene ring substituents is 1. The zero-order valence-corrected chi connectivity index (χ0v) is 13.8. The Morgan fingerprint density at radius 1 is 1.22 bits per heavy atom. The van der Waals surface area contributed by atoms with Crippen LogP contribution in [0.25, 0.3) is 6.08 Å². The first-order valence-corrected chi connectivity index (χ1v) is 7.72. The summed E-state index contributed by atoms with van der Waals surface area (Å²) in [6.45, 7) is -0.490. The number of amides is 2. The van der Waals surface area contributed by atoms with Crippen molar-refractivity contribution in [2.45, 2.75) is 0 Å². The second-order valence-corrected chi connectivity index (χ2v) is 5.31. The highest BCUT2D eigenvalue weighted by molar-refractivity contribution is 6.10. The molecule has 1 aliphatic rings. The Morgan fingerprint density at radius 3 is 2.78 bits per heavy atom. The summed E-state index contributed by atoms with van der Waals surface area (Å²) in [5.41, 5.74) is 1.98. The molecule has 3 rings (SSSR count). The lowest BCUT2D eigenvalue weighted by atomic mass is 10.1. The largest absolute Gasteiger partial charge is 0.477 e. The summed E-state index contributed by atoms with van der Waals surface area (Å²) in [7, 11) is 0. The monoisotopic (exact) mass is 364 g/mol. The Balaban J connectivity index is 1.66. The van der Waals surface area contributed by atoms with Gasteiger partial charge in [0.15, 0.2) is 12.4 Å². The minimum atomic E-state index is -0.665. The fraction of sp³-hybridized carbons (Fsp3) is 0.0556. The molecule has 2 amide bonds. The van der Waals surface area contributed by atoms with Gasteiger partial charge in [-0.2, -0.15) is 0 Å². The van der Waals surface area contributed by atoms with E-state index >= 15 is 0 Å². The second kappa shape index (κ2) is 7.85. The molecular weight excluding hydrogens is 352 g/mol. The summed E-state index contributed by atoms with van der Waals surface area (Å²) in [4.78, 5) is 37.8. The molecule has 0 fully saturated rings. The number of para-hydroxylation sites is 3. The van der Waals surface area contributed by atoms with Crippen molar-refractivity contribution >= 4 is 29.4 Å². The van der Waals surface area contributed by atoms with Crippen LogP contribution in [-0.4, -0.2) is 29.2 Å². The number of ether oxygens (including phenoxy) is 1. The van der Waals surface area contributed by atoms with Crippen LogP contribution >= 0.6 is 0 Å². The molecule has 0 atom stereocenters. The van der Waals surface area contributed by atoms with Crippen LogP contribution in [0.2, 0.25) is 0 Å². The minimum absolute atomic E-state index is 0.0359. The van der Waals surface area contributed by atoms with Crippen LogP contribution in [0.4, 0.5) is 5.69 Å². The molecule has 0 saturated carbocycles. The fourth-order valence-corrected chi connectivity index (χ4v) is 2.23. The van der Waals surface area contributed by atoms with Crippen molar-refractivity contribution in [1.82, 2.24) is 5.43 Å². The number of nitro groups is 1. The lowest BCUT2D eigenvalue weighted by Gasteiger charge is -2.04. The topological polar surface area (TPSA) is 123 Å². The molecular formula is C18H12N4O5. The third-order valence-corrected chi connectivity index (χ3v) is 3.47. The number of nitrogens with zero attached hydrogens (tertiary/aromatic N) is 3. The average Bonchev–Trinajstić information content (AvgIpc) is 2.67. The SMILES string of the molecule is O=C(COc1ccccc1[N+](=O)[O-])NN=C=C1C=c2ccccc2=NC1=O. The van der Waals surface area contributed by atoms with E-state index in [9.17, 15) is 19.7 Å². The summed E-state index contributed by atoms with van der Waals surface area (Å²) in [6, 6.07) is 12.7. The van der Waals surface area contributed by atoms with Crippen molar-refractivity contribution in [2.75, 3.05) is 6.61 Å². The molecule has 1 heterocycles. The van der Waals surface area contributed by atoms with Crippen molar-refractivity contribution in [3.8, 4) is 5.75 Å². The van der Waals surface area contributed by atoms with Gasteiger partial charge in [0.05, 0.1) is 10.3 Å². The van der Waals surface area contributed by atoms with E-state index in [0.717, 1.165) is 5.22 Å². The molecule has 9 heteroatoms. The predicted molar refractivity (Wildman–Crippen MR) is 94.4 cm³/mol. The fourth-order valence-electron chi connectivity index (χ4n) is 2.23. The second-order valence-electron chi connectivity index (χ2n) is 5.31. The van der Waals surface area contributed by atoms with Crippen LogP contribution in [0.1, 0.15) is 0 Å². The number of hydrogen-bond acceptors (Lipinski definition) is 6. The molecule has 0 aromatic heterocycles. The molecule has 0 saturated heterocycles. The number of fused-ring (bicyclic) bond motifs is 1. The number of nitrogens with one attached hydrogen (secondary N) is 1. The minimum Gasteiger partial charge on any atom is -0.477 e. The van der Waals surface area contributed by atoms with E-state index in [1.54, 1.807) is 36.4 Å². The molecule has 134 valence electrons. The van der Waals surface area contributed by atoms with E-state index in [1.807, 2.05) is 0 Å². The van der Waals surface area contributed by atoms with Crippen molar-refractivity contribution in [1.29, 1.82) is 0 Å². The van der Waals surface area contributed by atoms with E-state index in [0.29, 0.717) is 5.36 Å².